The highest BCUT2D eigenvalue weighted by Crippen LogP contribution is 2.30. The first-order chi connectivity index (χ1) is 6.72. The van der Waals surface area contributed by atoms with Gasteiger partial charge in [0.05, 0.1) is 17.1 Å². The lowest BCUT2D eigenvalue weighted by molar-refractivity contribution is 0.341. The molecule has 0 aliphatic carbocycles. The predicted molar refractivity (Wildman–Crippen MR) is 65.0 cm³/mol. The third-order valence-electron chi connectivity index (χ3n) is 1.86. The molecule has 1 aromatic heterocycles. The van der Waals surface area contributed by atoms with Crippen molar-refractivity contribution in [2.45, 2.75) is 6.92 Å². The molecule has 14 heavy (non-hydrogen) atoms. The summed E-state index contributed by atoms with van der Waals surface area (Å²) in [7, 11) is 0. The topological polar surface area (TPSA) is 37.9 Å². The number of hydrogen-bond acceptors (Lipinski definition) is 2. The summed E-state index contributed by atoms with van der Waals surface area (Å²) in [4.78, 5) is 0. The molecular formula is C9H8ClIN2O. The van der Waals surface area contributed by atoms with E-state index in [1.54, 1.807) is 6.07 Å². The minimum Gasteiger partial charge on any atom is -0.492 e. The van der Waals surface area contributed by atoms with Gasteiger partial charge in [0.25, 0.3) is 0 Å². The molecule has 5 heteroatoms. The maximum atomic E-state index is 6.01. The average Bonchev–Trinajstić information content (AvgIpc) is 2.49. The number of hydrogen-bond donors (Lipinski definition) is 1. The van der Waals surface area contributed by atoms with Gasteiger partial charge in [-0.05, 0) is 41.6 Å². The van der Waals surface area contributed by atoms with Crippen LogP contribution in [0.3, 0.4) is 0 Å². The molecule has 0 radical (unpaired) electrons. The van der Waals surface area contributed by atoms with Crippen LogP contribution in [0, 0.1) is 3.70 Å². The van der Waals surface area contributed by atoms with E-state index in [1.165, 1.54) is 0 Å². The highest BCUT2D eigenvalue weighted by molar-refractivity contribution is 14.1. The van der Waals surface area contributed by atoms with Gasteiger partial charge in [-0.3, -0.25) is 5.10 Å². The van der Waals surface area contributed by atoms with Gasteiger partial charge in [-0.1, -0.05) is 11.6 Å². The van der Waals surface area contributed by atoms with E-state index in [9.17, 15) is 0 Å². The molecule has 0 bridgehead atoms. The van der Waals surface area contributed by atoms with E-state index < -0.39 is 0 Å². The minimum atomic E-state index is 0.599. The van der Waals surface area contributed by atoms with E-state index in [4.69, 9.17) is 16.3 Å². The molecule has 0 saturated carbocycles. The first-order valence-corrected chi connectivity index (χ1v) is 5.64. The minimum absolute atomic E-state index is 0.599. The monoisotopic (exact) mass is 322 g/mol. The van der Waals surface area contributed by atoms with Gasteiger partial charge in [0.2, 0.25) is 0 Å². The zero-order valence-corrected chi connectivity index (χ0v) is 10.4. The number of fused-ring (bicyclic) bond motifs is 1. The van der Waals surface area contributed by atoms with Crippen LogP contribution in [0.4, 0.5) is 0 Å². The van der Waals surface area contributed by atoms with Gasteiger partial charge in [-0.15, -0.1) is 0 Å². The van der Waals surface area contributed by atoms with Crippen LogP contribution in [0.15, 0.2) is 12.1 Å². The summed E-state index contributed by atoms with van der Waals surface area (Å²) < 4.78 is 6.39. The fourth-order valence-corrected chi connectivity index (χ4v) is 2.01. The van der Waals surface area contributed by atoms with Crippen molar-refractivity contribution in [2.24, 2.45) is 0 Å². The summed E-state index contributed by atoms with van der Waals surface area (Å²) >= 11 is 8.20. The number of halogens is 2. The lowest BCUT2D eigenvalue weighted by atomic mass is 10.2. The number of nitrogens with one attached hydrogen (secondary N) is 1. The van der Waals surface area contributed by atoms with Crippen LogP contribution in [0.1, 0.15) is 6.92 Å². The van der Waals surface area contributed by atoms with Gasteiger partial charge in [0.1, 0.15) is 9.45 Å². The van der Waals surface area contributed by atoms with Crippen molar-refractivity contribution in [2.75, 3.05) is 6.61 Å². The molecule has 1 aromatic carbocycles. The largest absolute Gasteiger partial charge is 0.492 e. The zero-order valence-electron chi connectivity index (χ0n) is 7.47. The Hall–Kier alpha value is -0.490. The molecular weight excluding hydrogens is 314 g/mol. The number of ether oxygens (including phenoxy) is 1. The maximum absolute atomic E-state index is 6.01. The summed E-state index contributed by atoms with van der Waals surface area (Å²) in [6.45, 7) is 2.54. The van der Waals surface area contributed by atoms with Crippen molar-refractivity contribution in [3.63, 3.8) is 0 Å². The Morgan fingerprint density at radius 3 is 3.07 bits per heavy atom. The van der Waals surface area contributed by atoms with Gasteiger partial charge >= 0.3 is 0 Å². The van der Waals surface area contributed by atoms with E-state index in [2.05, 4.69) is 32.8 Å². The number of nitrogens with zero attached hydrogens (tertiary/aromatic N) is 1. The van der Waals surface area contributed by atoms with Crippen molar-refractivity contribution in [3.05, 3.63) is 20.9 Å². The number of H-pyrrole nitrogens is 1. The smallest absolute Gasteiger partial charge is 0.138 e. The Labute approximate surface area is 99.9 Å². The van der Waals surface area contributed by atoms with E-state index in [0.717, 1.165) is 14.6 Å². The molecule has 0 amide bonds. The standard InChI is InChI=1S/C9H8ClIN2O/c1-2-14-8-3-5-7(4-6(8)10)12-13-9(5)11/h3-4H,2H2,1H3,(H,12,13). The zero-order chi connectivity index (χ0) is 10.1. The first kappa shape index (κ1) is 10.0. The number of aromatic nitrogens is 2. The summed E-state index contributed by atoms with van der Waals surface area (Å²) in [5.41, 5.74) is 0.864. The summed E-state index contributed by atoms with van der Waals surface area (Å²) in [6.07, 6.45) is 0. The SMILES string of the molecule is CCOc1cc2c(I)[nH]nc2cc1Cl. The lowest BCUT2D eigenvalue weighted by Gasteiger charge is -2.04. The Bertz CT molecular complexity index is 469. The third kappa shape index (κ3) is 1.68. The summed E-state index contributed by atoms with van der Waals surface area (Å²) in [5.74, 6) is 0.709. The second-order valence-electron chi connectivity index (χ2n) is 2.77. The third-order valence-corrected chi connectivity index (χ3v) is 2.98. The van der Waals surface area contributed by atoms with Crippen LogP contribution in [0.25, 0.3) is 10.9 Å². The molecule has 0 saturated heterocycles. The first-order valence-electron chi connectivity index (χ1n) is 4.18. The van der Waals surface area contributed by atoms with Crippen molar-refractivity contribution in [3.8, 4) is 5.75 Å². The fraction of sp³-hybridized carbons (Fsp3) is 0.222. The van der Waals surface area contributed by atoms with Crippen molar-refractivity contribution in [1.29, 1.82) is 0 Å². The summed E-state index contributed by atoms with van der Waals surface area (Å²) in [5, 5.41) is 8.64. The van der Waals surface area contributed by atoms with Crippen LogP contribution >= 0.6 is 34.2 Å². The van der Waals surface area contributed by atoms with Crippen LogP contribution in [-0.4, -0.2) is 16.8 Å². The quantitative estimate of drug-likeness (QED) is 0.862. The van der Waals surface area contributed by atoms with Crippen LogP contribution in [0.5, 0.6) is 5.75 Å². The molecule has 0 unspecified atom stereocenters. The second-order valence-corrected chi connectivity index (χ2v) is 4.26. The predicted octanol–water partition coefficient (Wildman–Crippen LogP) is 3.22. The van der Waals surface area contributed by atoms with Gasteiger partial charge in [-0.25, -0.2) is 0 Å². The lowest BCUT2D eigenvalue weighted by Crippen LogP contribution is -1.91. The molecule has 1 heterocycles. The Kier molecular flexibility index (Phi) is 2.83. The van der Waals surface area contributed by atoms with Gasteiger partial charge < -0.3 is 4.74 Å². The van der Waals surface area contributed by atoms with Crippen LogP contribution in [0.2, 0.25) is 5.02 Å². The molecule has 0 spiro atoms. The molecule has 1 N–H and O–H groups in total. The number of benzene rings is 1. The maximum Gasteiger partial charge on any atom is 0.138 e. The number of aromatic amines is 1. The van der Waals surface area contributed by atoms with E-state index >= 15 is 0 Å². The molecule has 0 atom stereocenters. The van der Waals surface area contributed by atoms with Gasteiger partial charge in [0.15, 0.2) is 0 Å². The van der Waals surface area contributed by atoms with Gasteiger partial charge in [-0.2, -0.15) is 5.10 Å². The van der Waals surface area contributed by atoms with Crippen LogP contribution in [-0.2, 0) is 0 Å². The molecule has 3 nitrogen and oxygen atoms in total. The second kappa shape index (κ2) is 3.94. The van der Waals surface area contributed by atoms with Crippen molar-refractivity contribution < 1.29 is 4.74 Å². The molecule has 2 rings (SSSR count). The molecule has 2 aromatic rings. The van der Waals surface area contributed by atoms with E-state index in [-0.39, 0.29) is 0 Å². The number of rotatable bonds is 2. The van der Waals surface area contributed by atoms with E-state index in [1.807, 2.05) is 13.0 Å². The molecule has 0 aliphatic rings. The Morgan fingerprint density at radius 1 is 1.57 bits per heavy atom. The molecule has 0 aliphatic heterocycles. The van der Waals surface area contributed by atoms with E-state index in [0.29, 0.717) is 17.4 Å². The Morgan fingerprint density at radius 2 is 2.36 bits per heavy atom. The average molecular weight is 323 g/mol. The summed E-state index contributed by atoms with van der Waals surface area (Å²) in [6, 6.07) is 3.72. The van der Waals surface area contributed by atoms with Crippen LogP contribution < -0.4 is 4.74 Å². The Balaban J connectivity index is 2.61. The molecule has 74 valence electrons. The van der Waals surface area contributed by atoms with Gasteiger partial charge in [0, 0.05) is 5.39 Å². The van der Waals surface area contributed by atoms with Crippen molar-refractivity contribution in [1.82, 2.24) is 10.2 Å². The highest BCUT2D eigenvalue weighted by atomic mass is 127. The van der Waals surface area contributed by atoms with Crippen molar-refractivity contribution >= 4 is 45.1 Å². The molecule has 0 fully saturated rings. The fourth-order valence-electron chi connectivity index (χ4n) is 1.25. The highest BCUT2D eigenvalue weighted by Gasteiger charge is 2.08. The normalized spacial score (nSPS) is 10.8.